The van der Waals surface area contributed by atoms with E-state index in [-0.39, 0.29) is 12.1 Å². The van der Waals surface area contributed by atoms with E-state index in [1.165, 1.54) is 10.4 Å². The highest BCUT2D eigenvalue weighted by atomic mass is 32.1. The molecule has 0 saturated heterocycles. The number of carbonyl (C=O) groups is 1. The van der Waals surface area contributed by atoms with Gasteiger partial charge >= 0.3 is 6.03 Å². The summed E-state index contributed by atoms with van der Waals surface area (Å²) in [6.45, 7) is 0.712. The van der Waals surface area contributed by atoms with Crippen molar-refractivity contribution < 1.29 is 4.79 Å². The number of amides is 2. The van der Waals surface area contributed by atoms with Crippen molar-refractivity contribution in [3.63, 3.8) is 0 Å². The maximum Gasteiger partial charge on any atom is 0.322 e. The number of rotatable bonds is 2. The zero-order chi connectivity index (χ0) is 16.4. The molecule has 0 spiro atoms. The molecule has 5 heteroatoms. The number of pyridine rings is 1. The van der Waals surface area contributed by atoms with Crippen molar-refractivity contribution in [2.75, 3.05) is 11.9 Å². The molecule has 1 atom stereocenters. The zero-order valence-corrected chi connectivity index (χ0v) is 13.9. The van der Waals surface area contributed by atoms with Gasteiger partial charge in [-0.25, -0.2) is 4.79 Å². The molecule has 1 aliphatic rings. The van der Waals surface area contributed by atoms with Gasteiger partial charge in [-0.05, 0) is 41.1 Å². The molecule has 3 aromatic rings. The highest BCUT2D eigenvalue weighted by Gasteiger charge is 2.32. The lowest BCUT2D eigenvalue weighted by Crippen LogP contribution is -2.42. The van der Waals surface area contributed by atoms with Crippen LogP contribution in [0.3, 0.4) is 0 Å². The standard InChI is InChI=1S/C19H17N3OS/c23-19(21-15-6-10-20-11-7-15)22-12-8-17-16(9-13-24-17)18(22)14-4-2-1-3-5-14/h1-7,9-11,13,18H,8,12H2,(H,20,21,23). The van der Waals surface area contributed by atoms with Crippen LogP contribution in [0.5, 0.6) is 0 Å². The smallest absolute Gasteiger partial charge is 0.313 e. The maximum absolute atomic E-state index is 12.9. The average molecular weight is 335 g/mol. The van der Waals surface area contributed by atoms with Crippen molar-refractivity contribution in [3.8, 4) is 0 Å². The number of nitrogens with one attached hydrogen (secondary N) is 1. The summed E-state index contributed by atoms with van der Waals surface area (Å²) in [6, 6.07) is 15.9. The number of hydrogen-bond acceptors (Lipinski definition) is 3. The van der Waals surface area contributed by atoms with Gasteiger partial charge in [0.05, 0.1) is 6.04 Å². The van der Waals surface area contributed by atoms with Crippen LogP contribution in [0.2, 0.25) is 0 Å². The van der Waals surface area contributed by atoms with Gasteiger partial charge < -0.3 is 10.2 Å². The number of nitrogens with zero attached hydrogens (tertiary/aromatic N) is 2. The van der Waals surface area contributed by atoms with Crippen LogP contribution in [-0.2, 0) is 6.42 Å². The third-order valence-electron chi connectivity index (χ3n) is 4.27. The number of thiophene rings is 1. The molecule has 1 aromatic carbocycles. The summed E-state index contributed by atoms with van der Waals surface area (Å²) in [5.74, 6) is 0. The molecule has 1 aliphatic heterocycles. The number of aromatic nitrogens is 1. The number of carbonyl (C=O) groups excluding carboxylic acids is 1. The summed E-state index contributed by atoms with van der Waals surface area (Å²) >= 11 is 1.77. The van der Waals surface area contributed by atoms with Crippen molar-refractivity contribution >= 4 is 23.1 Å². The Morgan fingerprint density at radius 2 is 1.92 bits per heavy atom. The van der Waals surface area contributed by atoms with Crippen molar-refractivity contribution in [2.45, 2.75) is 12.5 Å². The zero-order valence-electron chi connectivity index (χ0n) is 13.1. The molecular weight excluding hydrogens is 318 g/mol. The fraction of sp³-hybridized carbons (Fsp3) is 0.158. The van der Waals surface area contributed by atoms with Gasteiger partial charge in [-0.1, -0.05) is 30.3 Å². The van der Waals surface area contributed by atoms with Crippen LogP contribution in [-0.4, -0.2) is 22.5 Å². The summed E-state index contributed by atoms with van der Waals surface area (Å²) in [6.07, 6.45) is 4.26. The molecule has 1 unspecified atom stereocenters. The Labute approximate surface area is 144 Å². The highest BCUT2D eigenvalue weighted by molar-refractivity contribution is 7.10. The van der Waals surface area contributed by atoms with Crippen molar-refractivity contribution in [1.82, 2.24) is 9.88 Å². The van der Waals surface area contributed by atoms with E-state index in [0.717, 1.165) is 17.7 Å². The lowest BCUT2D eigenvalue weighted by Gasteiger charge is -2.36. The molecule has 120 valence electrons. The summed E-state index contributed by atoms with van der Waals surface area (Å²) in [5, 5.41) is 5.10. The second-order valence-corrected chi connectivity index (χ2v) is 6.72. The van der Waals surface area contributed by atoms with Gasteiger partial charge in [0, 0.05) is 29.5 Å². The van der Waals surface area contributed by atoms with Crippen LogP contribution >= 0.6 is 11.3 Å². The minimum Gasteiger partial charge on any atom is -0.313 e. The quantitative estimate of drug-likeness (QED) is 0.758. The summed E-state index contributed by atoms with van der Waals surface area (Å²) in [7, 11) is 0. The van der Waals surface area contributed by atoms with E-state index in [2.05, 4.69) is 33.9 Å². The number of urea groups is 1. The number of benzene rings is 1. The van der Waals surface area contributed by atoms with E-state index in [1.54, 1.807) is 35.9 Å². The lowest BCUT2D eigenvalue weighted by atomic mass is 9.93. The third-order valence-corrected chi connectivity index (χ3v) is 5.27. The third kappa shape index (κ3) is 2.78. The van der Waals surface area contributed by atoms with E-state index >= 15 is 0 Å². The van der Waals surface area contributed by atoms with Crippen LogP contribution in [0.15, 0.2) is 66.3 Å². The molecule has 1 N–H and O–H groups in total. The predicted molar refractivity (Wildman–Crippen MR) is 96.3 cm³/mol. The SMILES string of the molecule is O=C(Nc1ccncc1)N1CCc2sccc2C1c1ccccc1. The molecule has 0 radical (unpaired) electrons. The molecule has 4 rings (SSSR count). The first kappa shape index (κ1) is 14.9. The first-order chi connectivity index (χ1) is 11.8. The van der Waals surface area contributed by atoms with E-state index in [0.29, 0.717) is 6.54 Å². The second-order valence-electron chi connectivity index (χ2n) is 5.72. The minimum atomic E-state index is -0.0769. The van der Waals surface area contributed by atoms with Crippen LogP contribution in [0, 0.1) is 0 Å². The van der Waals surface area contributed by atoms with Gasteiger partial charge in [-0.2, -0.15) is 0 Å². The lowest BCUT2D eigenvalue weighted by molar-refractivity contribution is 0.194. The highest BCUT2D eigenvalue weighted by Crippen LogP contribution is 2.37. The van der Waals surface area contributed by atoms with Gasteiger partial charge in [-0.3, -0.25) is 4.98 Å². The Hall–Kier alpha value is -2.66. The van der Waals surface area contributed by atoms with Crippen molar-refractivity contribution in [1.29, 1.82) is 0 Å². The van der Waals surface area contributed by atoms with Gasteiger partial charge in [0.2, 0.25) is 0 Å². The maximum atomic E-state index is 12.9. The molecule has 0 fully saturated rings. The van der Waals surface area contributed by atoms with Gasteiger partial charge in [0.1, 0.15) is 0 Å². The van der Waals surface area contributed by atoms with Crippen LogP contribution < -0.4 is 5.32 Å². The normalized spacial score (nSPS) is 16.5. The topological polar surface area (TPSA) is 45.2 Å². The summed E-state index contributed by atoms with van der Waals surface area (Å²) in [5.41, 5.74) is 3.14. The Morgan fingerprint density at radius 1 is 1.12 bits per heavy atom. The molecule has 0 aliphatic carbocycles. The van der Waals surface area contributed by atoms with E-state index in [1.807, 2.05) is 23.1 Å². The number of anilines is 1. The molecule has 0 saturated carbocycles. The number of fused-ring (bicyclic) bond motifs is 1. The molecule has 4 nitrogen and oxygen atoms in total. The first-order valence-corrected chi connectivity index (χ1v) is 8.80. The molecular formula is C19H17N3OS. The Bertz CT molecular complexity index is 832. The average Bonchev–Trinajstić information content (AvgIpc) is 3.11. The monoisotopic (exact) mass is 335 g/mol. The van der Waals surface area contributed by atoms with Gasteiger partial charge in [0.25, 0.3) is 0 Å². The van der Waals surface area contributed by atoms with Crippen LogP contribution in [0.1, 0.15) is 22.0 Å². The summed E-state index contributed by atoms with van der Waals surface area (Å²) in [4.78, 5) is 20.2. The molecule has 3 heterocycles. The Balaban J connectivity index is 1.67. The first-order valence-electron chi connectivity index (χ1n) is 7.92. The minimum absolute atomic E-state index is 0.0389. The Kier molecular flexibility index (Phi) is 4.01. The fourth-order valence-corrected chi connectivity index (χ4v) is 4.06. The van der Waals surface area contributed by atoms with E-state index in [4.69, 9.17) is 0 Å². The van der Waals surface area contributed by atoms with Crippen LogP contribution in [0.4, 0.5) is 10.5 Å². The fourth-order valence-electron chi connectivity index (χ4n) is 3.16. The molecule has 2 aromatic heterocycles. The van der Waals surface area contributed by atoms with Crippen molar-refractivity contribution in [2.24, 2.45) is 0 Å². The van der Waals surface area contributed by atoms with E-state index in [9.17, 15) is 4.79 Å². The molecule has 2 amide bonds. The van der Waals surface area contributed by atoms with Gasteiger partial charge in [0.15, 0.2) is 0 Å². The second kappa shape index (κ2) is 6.45. The summed E-state index contributed by atoms with van der Waals surface area (Å²) < 4.78 is 0. The largest absolute Gasteiger partial charge is 0.322 e. The van der Waals surface area contributed by atoms with Crippen molar-refractivity contribution in [3.05, 3.63) is 82.3 Å². The Morgan fingerprint density at radius 3 is 2.71 bits per heavy atom. The molecule has 24 heavy (non-hydrogen) atoms. The predicted octanol–water partition coefficient (Wildman–Crippen LogP) is 4.32. The van der Waals surface area contributed by atoms with Crippen LogP contribution in [0.25, 0.3) is 0 Å². The number of hydrogen-bond donors (Lipinski definition) is 1. The molecule has 0 bridgehead atoms. The van der Waals surface area contributed by atoms with E-state index < -0.39 is 0 Å². The van der Waals surface area contributed by atoms with Gasteiger partial charge in [-0.15, -0.1) is 11.3 Å².